The molecule has 3 heterocycles. The average molecular weight is 495 g/mol. The van der Waals surface area contributed by atoms with Crippen LogP contribution < -0.4 is 4.74 Å². The minimum Gasteiger partial charge on any atom is -0.495 e. The molecule has 0 aliphatic carbocycles. The largest absolute Gasteiger partial charge is 0.495 e. The van der Waals surface area contributed by atoms with Crippen LogP contribution in [0.3, 0.4) is 0 Å². The second-order valence-electron chi connectivity index (χ2n) is 8.28. The predicted octanol–water partition coefficient (Wildman–Crippen LogP) is 3.84. The molecule has 3 aromatic heterocycles. The van der Waals surface area contributed by atoms with E-state index >= 15 is 4.39 Å². The van der Waals surface area contributed by atoms with Crippen LogP contribution in [-0.2, 0) is 21.4 Å². The zero-order chi connectivity index (χ0) is 25.3. The van der Waals surface area contributed by atoms with Crippen molar-refractivity contribution in [2.24, 2.45) is 0 Å². The van der Waals surface area contributed by atoms with E-state index in [1.165, 1.54) is 49.5 Å². The SMILES string of the molecule is COc1ccc(S(=O)(=O)n2cc(COC(=O)N(C)C(C)(C)C)c(F)c2-c2cccnc2F)nc1. The third-order valence-corrected chi connectivity index (χ3v) is 6.67. The molecule has 0 aliphatic rings. The van der Waals surface area contributed by atoms with Crippen molar-refractivity contribution in [3.63, 3.8) is 0 Å². The maximum absolute atomic E-state index is 15.5. The van der Waals surface area contributed by atoms with Crippen molar-refractivity contribution in [3.8, 4) is 17.0 Å². The van der Waals surface area contributed by atoms with Gasteiger partial charge in [0, 0.05) is 30.5 Å². The summed E-state index contributed by atoms with van der Waals surface area (Å²) in [6.07, 6.45) is 2.52. The van der Waals surface area contributed by atoms with Crippen LogP contribution in [0.2, 0.25) is 0 Å². The number of carbonyl (C=O) groups is 1. The Hall–Kier alpha value is -3.54. The van der Waals surface area contributed by atoms with Crippen molar-refractivity contribution in [2.45, 2.75) is 37.9 Å². The molecule has 0 N–H and O–H groups in total. The molecular formula is C22H24F2N4O5S. The number of halogens is 2. The van der Waals surface area contributed by atoms with E-state index in [0.29, 0.717) is 9.72 Å². The summed E-state index contributed by atoms with van der Waals surface area (Å²) in [6.45, 7) is 4.76. The summed E-state index contributed by atoms with van der Waals surface area (Å²) in [5, 5.41) is -0.426. The lowest BCUT2D eigenvalue weighted by Crippen LogP contribution is -2.42. The highest BCUT2D eigenvalue weighted by Gasteiger charge is 2.30. The van der Waals surface area contributed by atoms with E-state index < -0.39 is 50.7 Å². The Morgan fingerprint density at radius 1 is 1.18 bits per heavy atom. The third kappa shape index (κ3) is 4.86. The number of hydrogen-bond acceptors (Lipinski definition) is 7. The molecule has 0 unspecified atom stereocenters. The molecule has 9 nitrogen and oxygen atoms in total. The highest BCUT2D eigenvalue weighted by Crippen LogP contribution is 2.32. The van der Waals surface area contributed by atoms with Gasteiger partial charge in [0.1, 0.15) is 18.1 Å². The molecule has 0 saturated carbocycles. The van der Waals surface area contributed by atoms with Crippen LogP contribution in [0.25, 0.3) is 11.3 Å². The van der Waals surface area contributed by atoms with E-state index in [1.54, 1.807) is 20.8 Å². The van der Waals surface area contributed by atoms with Crippen LogP contribution in [0.1, 0.15) is 26.3 Å². The van der Waals surface area contributed by atoms with E-state index in [2.05, 4.69) is 9.97 Å². The fraction of sp³-hybridized carbons (Fsp3) is 0.318. The van der Waals surface area contributed by atoms with Gasteiger partial charge < -0.3 is 14.4 Å². The Kier molecular flexibility index (Phi) is 6.92. The quantitative estimate of drug-likeness (QED) is 0.480. The fourth-order valence-corrected chi connectivity index (χ4v) is 4.16. The first-order chi connectivity index (χ1) is 15.9. The van der Waals surface area contributed by atoms with Crippen LogP contribution >= 0.6 is 0 Å². The molecule has 0 saturated heterocycles. The van der Waals surface area contributed by atoms with Gasteiger partial charge in [0.15, 0.2) is 10.8 Å². The van der Waals surface area contributed by atoms with Gasteiger partial charge >= 0.3 is 6.09 Å². The van der Waals surface area contributed by atoms with Crippen molar-refractivity contribution < 1.29 is 31.5 Å². The van der Waals surface area contributed by atoms with Gasteiger partial charge in [-0.25, -0.2) is 23.1 Å². The number of nitrogens with zero attached hydrogens (tertiary/aromatic N) is 4. The van der Waals surface area contributed by atoms with E-state index in [-0.39, 0.29) is 11.1 Å². The van der Waals surface area contributed by atoms with Crippen LogP contribution in [-0.4, -0.2) is 53.0 Å². The van der Waals surface area contributed by atoms with Crippen LogP contribution in [0.4, 0.5) is 13.6 Å². The molecule has 0 aliphatic heterocycles. The molecule has 3 aromatic rings. The van der Waals surface area contributed by atoms with E-state index in [9.17, 15) is 17.6 Å². The Balaban J connectivity index is 2.10. The number of rotatable bonds is 6. The second-order valence-corrected chi connectivity index (χ2v) is 10.0. The minimum absolute atomic E-state index is 0.272. The number of pyridine rings is 2. The molecular weight excluding hydrogens is 470 g/mol. The lowest BCUT2D eigenvalue weighted by atomic mass is 10.1. The number of aromatic nitrogens is 3. The molecule has 182 valence electrons. The van der Waals surface area contributed by atoms with E-state index in [1.807, 2.05) is 0 Å². The molecule has 0 aromatic carbocycles. The third-order valence-electron chi connectivity index (χ3n) is 5.10. The Morgan fingerprint density at radius 2 is 1.88 bits per heavy atom. The summed E-state index contributed by atoms with van der Waals surface area (Å²) in [5.41, 5.74) is -1.82. The summed E-state index contributed by atoms with van der Waals surface area (Å²) in [4.78, 5) is 21.0. The maximum Gasteiger partial charge on any atom is 0.410 e. The molecule has 1 amide bonds. The van der Waals surface area contributed by atoms with Gasteiger partial charge in [-0.15, -0.1) is 0 Å². The number of ether oxygens (including phenoxy) is 2. The summed E-state index contributed by atoms with van der Waals surface area (Å²) in [6, 6.07) is 5.07. The monoisotopic (exact) mass is 494 g/mol. The summed E-state index contributed by atoms with van der Waals surface area (Å²) in [7, 11) is -1.57. The van der Waals surface area contributed by atoms with Crippen molar-refractivity contribution in [2.75, 3.05) is 14.2 Å². The summed E-state index contributed by atoms with van der Waals surface area (Å²) < 4.78 is 67.3. The number of hydrogen-bond donors (Lipinski definition) is 0. The lowest BCUT2D eigenvalue weighted by molar-refractivity contribution is 0.0753. The first-order valence-corrected chi connectivity index (χ1v) is 11.5. The smallest absolute Gasteiger partial charge is 0.410 e. The molecule has 3 rings (SSSR count). The minimum atomic E-state index is -4.47. The standard InChI is InChI=1S/C22H24F2N4O5S/c1-22(2,3)27(4)21(29)33-13-14-12-28(19(18(14)23)16-7-6-10-25-20(16)24)34(30,31)17-9-8-15(32-5)11-26-17/h6-12H,13H2,1-5H3. The lowest BCUT2D eigenvalue weighted by Gasteiger charge is -2.30. The first-order valence-electron chi connectivity index (χ1n) is 10.0. The molecule has 12 heteroatoms. The molecule has 0 atom stereocenters. The van der Waals surface area contributed by atoms with Crippen molar-refractivity contribution in [3.05, 3.63) is 60.2 Å². The van der Waals surface area contributed by atoms with Crippen LogP contribution in [0.5, 0.6) is 5.75 Å². The molecule has 34 heavy (non-hydrogen) atoms. The van der Waals surface area contributed by atoms with E-state index in [0.717, 1.165) is 12.4 Å². The highest BCUT2D eigenvalue weighted by molar-refractivity contribution is 7.90. The van der Waals surface area contributed by atoms with Gasteiger partial charge in [-0.2, -0.15) is 12.8 Å². The topological polar surface area (TPSA) is 104 Å². The van der Waals surface area contributed by atoms with Gasteiger partial charge in [-0.1, -0.05) is 0 Å². The summed E-state index contributed by atoms with van der Waals surface area (Å²) in [5.74, 6) is -1.84. The zero-order valence-corrected chi connectivity index (χ0v) is 20.1. The molecule has 0 radical (unpaired) electrons. The Bertz CT molecular complexity index is 1300. The number of amides is 1. The Labute approximate surface area is 196 Å². The highest BCUT2D eigenvalue weighted by atomic mass is 32.2. The molecule has 0 bridgehead atoms. The van der Waals surface area contributed by atoms with Crippen LogP contribution in [0.15, 0.2) is 47.9 Å². The second kappa shape index (κ2) is 9.37. The average Bonchev–Trinajstić information content (AvgIpc) is 3.13. The van der Waals surface area contributed by atoms with Crippen LogP contribution in [0, 0.1) is 11.8 Å². The van der Waals surface area contributed by atoms with Gasteiger partial charge in [-0.05, 0) is 45.0 Å². The van der Waals surface area contributed by atoms with Crippen molar-refractivity contribution in [1.82, 2.24) is 18.8 Å². The molecule has 0 fully saturated rings. The fourth-order valence-electron chi connectivity index (χ4n) is 2.85. The summed E-state index contributed by atoms with van der Waals surface area (Å²) >= 11 is 0. The van der Waals surface area contributed by atoms with Gasteiger partial charge in [0.2, 0.25) is 5.95 Å². The maximum atomic E-state index is 15.5. The van der Waals surface area contributed by atoms with E-state index in [4.69, 9.17) is 9.47 Å². The van der Waals surface area contributed by atoms with Gasteiger partial charge in [0.25, 0.3) is 10.0 Å². The first kappa shape index (κ1) is 25.1. The number of methoxy groups -OCH3 is 1. The normalized spacial score (nSPS) is 11.9. The van der Waals surface area contributed by atoms with Gasteiger partial charge in [-0.3, -0.25) is 0 Å². The predicted molar refractivity (Wildman–Crippen MR) is 119 cm³/mol. The van der Waals surface area contributed by atoms with Crippen molar-refractivity contribution >= 4 is 16.1 Å². The Morgan fingerprint density at radius 3 is 2.44 bits per heavy atom. The number of carbonyl (C=O) groups excluding carboxylic acids is 1. The zero-order valence-electron chi connectivity index (χ0n) is 19.2. The van der Waals surface area contributed by atoms with Gasteiger partial charge in [0.05, 0.1) is 18.9 Å². The molecule has 0 spiro atoms. The van der Waals surface area contributed by atoms with Crippen molar-refractivity contribution in [1.29, 1.82) is 0 Å².